The van der Waals surface area contributed by atoms with E-state index in [2.05, 4.69) is 0 Å². The zero-order valence-electron chi connectivity index (χ0n) is 16.7. The lowest BCUT2D eigenvalue weighted by atomic mass is 10.0. The van der Waals surface area contributed by atoms with Gasteiger partial charge in [0, 0.05) is 11.7 Å². The molecular formula is C25H25NO3. The molecule has 0 aliphatic carbocycles. The fourth-order valence-electron chi connectivity index (χ4n) is 3.19. The molecule has 3 rings (SSSR count). The number of benzene rings is 3. The number of anilines is 1. The maximum absolute atomic E-state index is 12.6. The number of ether oxygens (including phenoxy) is 1. The second-order valence-corrected chi connectivity index (χ2v) is 7.09. The lowest BCUT2D eigenvalue weighted by molar-refractivity contribution is -0.147. The first-order chi connectivity index (χ1) is 14.0. The predicted octanol–water partition coefficient (Wildman–Crippen LogP) is 4.88. The number of nitrogens with zero attached hydrogens (tertiary/aromatic N) is 1. The van der Waals surface area contributed by atoms with E-state index >= 15 is 0 Å². The highest BCUT2D eigenvalue weighted by molar-refractivity contribution is 5.95. The first kappa shape index (κ1) is 20.3. The minimum absolute atomic E-state index is 0.0332. The van der Waals surface area contributed by atoms with Crippen molar-refractivity contribution in [1.29, 1.82) is 0 Å². The third-order valence-corrected chi connectivity index (χ3v) is 4.59. The van der Waals surface area contributed by atoms with Crippen molar-refractivity contribution < 1.29 is 14.3 Å². The molecule has 4 nitrogen and oxygen atoms in total. The van der Waals surface area contributed by atoms with Crippen LogP contribution in [-0.4, -0.2) is 24.5 Å². The van der Waals surface area contributed by atoms with Gasteiger partial charge in [0.25, 0.3) is 5.91 Å². The van der Waals surface area contributed by atoms with E-state index in [1.165, 1.54) is 0 Å². The second kappa shape index (κ2) is 9.69. The summed E-state index contributed by atoms with van der Waals surface area (Å²) in [5.74, 6) is -0.651. The molecule has 0 saturated heterocycles. The molecule has 4 heteroatoms. The van der Waals surface area contributed by atoms with Gasteiger partial charge in [0.2, 0.25) is 0 Å². The fourth-order valence-corrected chi connectivity index (χ4v) is 3.19. The summed E-state index contributed by atoms with van der Waals surface area (Å²) in [6.07, 6.45) is 0.134. The number of para-hydroxylation sites is 1. The van der Waals surface area contributed by atoms with Crippen LogP contribution in [0.2, 0.25) is 0 Å². The molecule has 0 unspecified atom stereocenters. The molecule has 0 saturated carbocycles. The van der Waals surface area contributed by atoms with Gasteiger partial charge in [-0.2, -0.15) is 0 Å². The van der Waals surface area contributed by atoms with Crippen molar-refractivity contribution in [1.82, 2.24) is 0 Å². The number of hydrogen-bond acceptors (Lipinski definition) is 3. The van der Waals surface area contributed by atoms with Crippen LogP contribution in [-0.2, 0) is 20.7 Å². The van der Waals surface area contributed by atoms with Gasteiger partial charge >= 0.3 is 5.97 Å². The number of carbonyl (C=O) groups is 2. The Morgan fingerprint density at radius 2 is 1.34 bits per heavy atom. The quantitative estimate of drug-likeness (QED) is 0.543. The van der Waals surface area contributed by atoms with E-state index < -0.39 is 5.97 Å². The van der Waals surface area contributed by atoms with E-state index in [0.29, 0.717) is 0 Å². The molecule has 0 spiro atoms. The topological polar surface area (TPSA) is 46.6 Å². The average Bonchev–Trinajstić information content (AvgIpc) is 2.74. The van der Waals surface area contributed by atoms with Gasteiger partial charge in [0.15, 0.2) is 6.61 Å². The molecule has 0 aliphatic heterocycles. The summed E-state index contributed by atoms with van der Waals surface area (Å²) in [5, 5.41) is 0. The van der Waals surface area contributed by atoms with Gasteiger partial charge in [-0.25, -0.2) is 0 Å². The summed E-state index contributed by atoms with van der Waals surface area (Å²) in [4.78, 5) is 26.4. The van der Waals surface area contributed by atoms with Gasteiger partial charge in [-0.05, 0) is 42.7 Å². The molecule has 29 heavy (non-hydrogen) atoms. The van der Waals surface area contributed by atoms with Crippen molar-refractivity contribution >= 4 is 17.6 Å². The van der Waals surface area contributed by atoms with Gasteiger partial charge in [-0.15, -0.1) is 0 Å². The van der Waals surface area contributed by atoms with Crippen molar-refractivity contribution in [3.8, 4) is 11.1 Å². The monoisotopic (exact) mass is 387 g/mol. The summed E-state index contributed by atoms with van der Waals surface area (Å²) in [5.41, 5.74) is 3.86. The van der Waals surface area contributed by atoms with E-state index in [4.69, 9.17) is 4.74 Å². The Morgan fingerprint density at radius 1 is 0.793 bits per heavy atom. The number of esters is 1. The molecule has 0 aliphatic rings. The van der Waals surface area contributed by atoms with Crippen molar-refractivity contribution in [2.24, 2.45) is 0 Å². The number of carbonyl (C=O) groups excluding carboxylic acids is 2. The summed E-state index contributed by atoms with van der Waals surface area (Å²) >= 11 is 0. The molecule has 3 aromatic carbocycles. The van der Waals surface area contributed by atoms with Crippen molar-refractivity contribution in [3.05, 3.63) is 90.5 Å². The van der Waals surface area contributed by atoms with Crippen LogP contribution in [0.5, 0.6) is 0 Å². The Morgan fingerprint density at radius 3 is 1.93 bits per heavy atom. The summed E-state index contributed by atoms with van der Waals surface area (Å²) < 4.78 is 5.25. The lowest BCUT2D eigenvalue weighted by Gasteiger charge is -2.26. The lowest BCUT2D eigenvalue weighted by Crippen LogP contribution is -2.40. The maximum atomic E-state index is 12.6. The highest BCUT2D eigenvalue weighted by Crippen LogP contribution is 2.20. The summed E-state index contributed by atoms with van der Waals surface area (Å²) in [6, 6.07) is 27.2. The third kappa shape index (κ3) is 5.55. The van der Waals surface area contributed by atoms with Crippen molar-refractivity contribution in [2.75, 3.05) is 11.5 Å². The molecular weight excluding hydrogens is 362 g/mol. The first-order valence-electron chi connectivity index (χ1n) is 9.71. The Balaban J connectivity index is 1.56. The average molecular weight is 387 g/mol. The number of amides is 1. The molecule has 148 valence electrons. The SMILES string of the molecule is CC(C)N(C(=O)COC(=O)Cc1ccc(-c2ccccc2)cc1)c1ccccc1. The van der Waals surface area contributed by atoms with Gasteiger partial charge in [0.1, 0.15) is 0 Å². The van der Waals surface area contributed by atoms with Crippen molar-refractivity contribution in [3.63, 3.8) is 0 Å². The van der Waals surface area contributed by atoms with Crippen LogP contribution in [0.25, 0.3) is 11.1 Å². The van der Waals surface area contributed by atoms with Gasteiger partial charge in [-0.3, -0.25) is 9.59 Å². The van der Waals surface area contributed by atoms with E-state index in [1.807, 2.05) is 98.8 Å². The van der Waals surface area contributed by atoms with Gasteiger partial charge < -0.3 is 9.64 Å². The normalized spacial score (nSPS) is 10.6. The molecule has 1 amide bonds. The van der Waals surface area contributed by atoms with E-state index in [0.717, 1.165) is 22.4 Å². The highest BCUT2D eigenvalue weighted by Gasteiger charge is 2.20. The molecule has 0 heterocycles. The molecule has 0 atom stereocenters. The molecule has 0 radical (unpaired) electrons. The largest absolute Gasteiger partial charge is 0.455 e. The highest BCUT2D eigenvalue weighted by atomic mass is 16.5. The maximum Gasteiger partial charge on any atom is 0.310 e. The zero-order chi connectivity index (χ0) is 20.6. The number of rotatable bonds is 7. The Labute approximate surface area is 171 Å². The van der Waals surface area contributed by atoms with Crippen LogP contribution in [0, 0.1) is 0 Å². The fraction of sp³-hybridized carbons (Fsp3) is 0.200. The van der Waals surface area contributed by atoms with Gasteiger partial charge in [0.05, 0.1) is 6.42 Å². The summed E-state index contributed by atoms with van der Waals surface area (Å²) in [6.45, 7) is 3.59. The van der Waals surface area contributed by atoms with E-state index in [-0.39, 0.29) is 25.0 Å². The smallest absolute Gasteiger partial charge is 0.310 e. The standard InChI is InChI=1S/C25H25NO3/c1-19(2)26(23-11-7-4-8-12-23)24(27)18-29-25(28)17-20-13-15-22(16-14-20)21-9-5-3-6-10-21/h3-16,19H,17-18H2,1-2H3. The van der Waals surface area contributed by atoms with Crippen LogP contribution < -0.4 is 4.90 Å². The third-order valence-electron chi connectivity index (χ3n) is 4.59. The van der Waals surface area contributed by atoms with E-state index in [9.17, 15) is 9.59 Å². The van der Waals surface area contributed by atoms with Crippen LogP contribution in [0.15, 0.2) is 84.9 Å². The van der Waals surface area contributed by atoms with Crippen LogP contribution in [0.3, 0.4) is 0 Å². The van der Waals surface area contributed by atoms with E-state index in [1.54, 1.807) is 4.90 Å². The first-order valence-corrected chi connectivity index (χ1v) is 9.71. The van der Waals surface area contributed by atoms with Crippen molar-refractivity contribution in [2.45, 2.75) is 26.3 Å². The van der Waals surface area contributed by atoms with Crippen LogP contribution >= 0.6 is 0 Å². The zero-order valence-corrected chi connectivity index (χ0v) is 16.7. The minimum atomic E-state index is -0.414. The van der Waals surface area contributed by atoms with Crippen LogP contribution in [0.4, 0.5) is 5.69 Å². The minimum Gasteiger partial charge on any atom is -0.455 e. The molecule has 3 aromatic rings. The molecule has 0 bridgehead atoms. The Hall–Kier alpha value is -3.40. The Kier molecular flexibility index (Phi) is 6.80. The van der Waals surface area contributed by atoms with Crippen LogP contribution in [0.1, 0.15) is 19.4 Å². The second-order valence-electron chi connectivity index (χ2n) is 7.09. The molecule has 0 fully saturated rings. The molecule has 0 aromatic heterocycles. The number of hydrogen-bond donors (Lipinski definition) is 0. The van der Waals surface area contributed by atoms with Gasteiger partial charge in [-0.1, -0.05) is 72.8 Å². The molecule has 0 N–H and O–H groups in total. The summed E-state index contributed by atoms with van der Waals surface area (Å²) in [7, 11) is 0. The predicted molar refractivity (Wildman–Crippen MR) is 116 cm³/mol. The Bertz CT molecular complexity index is 935.